The third kappa shape index (κ3) is 4.93. The van der Waals surface area contributed by atoms with Crippen molar-refractivity contribution in [2.24, 2.45) is 0 Å². The first-order chi connectivity index (χ1) is 16.7. The molecule has 0 aliphatic heterocycles. The largest absolute Gasteiger partial charge is 0.328 e. The van der Waals surface area contributed by atoms with E-state index in [1.807, 2.05) is 30.3 Å². The highest BCUT2D eigenvalue weighted by Gasteiger charge is 2.21. The fourth-order valence-electron chi connectivity index (χ4n) is 3.70. The van der Waals surface area contributed by atoms with Crippen LogP contribution in [0.5, 0.6) is 0 Å². The van der Waals surface area contributed by atoms with Crippen molar-refractivity contribution in [3.05, 3.63) is 105 Å². The second-order valence-electron chi connectivity index (χ2n) is 7.97. The molecular weight excluding hydrogens is 468 g/mol. The fourth-order valence-corrected chi connectivity index (χ4v) is 4.86. The van der Waals surface area contributed by atoms with Crippen molar-refractivity contribution in [2.75, 3.05) is 12.4 Å². The van der Waals surface area contributed by atoms with Gasteiger partial charge in [-0.25, -0.2) is 13.2 Å². The molecule has 180 valence electrons. The van der Waals surface area contributed by atoms with Gasteiger partial charge in [0, 0.05) is 31.4 Å². The molecule has 0 saturated heterocycles. The number of carbonyl (C=O) groups is 1. The Morgan fingerprint density at radius 3 is 2.34 bits per heavy atom. The maximum Gasteiger partial charge on any atom is 0.328 e. The van der Waals surface area contributed by atoms with Gasteiger partial charge >= 0.3 is 5.69 Å². The molecule has 0 saturated carbocycles. The van der Waals surface area contributed by atoms with E-state index in [0.717, 1.165) is 10.1 Å². The number of carbonyl (C=O) groups excluding carboxylic acids is 1. The monoisotopic (exact) mass is 492 g/mol. The van der Waals surface area contributed by atoms with Crippen LogP contribution in [0.1, 0.15) is 22.8 Å². The summed E-state index contributed by atoms with van der Waals surface area (Å²) in [6.07, 6.45) is 0. The molecule has 0 aliphatic carbocycles. The Balaban J connectivity index is 1.51. The molecule has 4 aromatic rings. The average Bonchev–Trinajstić information content (AvgIpc) is 2.85. The van der Waals surface area contributed by atoms with Crippen LogP contribution < -0.4 is 16.6 Å². The van der Waals surface area contributed by atoms with Crippen LogP contribution >= 0.6 is 0 Å². The molecule has 3 aromatic carbocycles. The van der Waals surface area contributed by atoms with Gasteiger partial charge in [-0.15, -0.1) is 0 Å². The first-order valence-electron chi connectivity index (χ1n) is 10.9. The number of hydrogen-bond donors (Lipinski definition) is 2. The summed E-state index contributed by atoms with van der Waals surface area (Å²) in [6, 6.07) is 19.6. The van der Waals surface area contributed by atoms with Crippen LogP contribution in [-0.4, -0.2) is 35.2 Å². The van der Waals surface area contributed by atoms with Crippen molar-refractivity contribution >= 4 is 32.5 Å². The Kier molecular flexibility index (Phi) is 6.68. The van der Waals surface area contributed by atoms with Gasteiger partial charge in [-0.05, 0) is 55.0 Å². The van der Waals surface area contributed by atoms with E-state index in [1.165, 1.54) is 53.8 Å². The highest BCUT2D eigenvalue weighted by molar-refractivity contribution is 7.89. The van der Waals surface area contributed by atoms with Crippen LogP contribution in [0.3, 0.4) is 0 Å². The standard InChI is InChI=1S/C25H24N4O5S/c1-3-29-24(31)21-14-9-18(15-22(21)27-25(29)32)23(30)26-19-10-12-20(13-11-19)35(33,34)28(2)16-17-7-5-4-6-8-17/h4-15H,3,16H2,1-2H3,(H,26,30)(H,27,32). The number of fused-ring (bicyclic) bond motifs is 1. The molecule has 2 N–H and O–H groups in total. The van der Waals surface area contributed by atoms with E-state index in [1.54, 1.807) is 6.92 Å². The second-order valence-corrected chi connectivity index (χ2v) is 10.0. The molecule has 0 aliphatic rings. The molecule has 0 radical (unpaired) electrons. The molecular formula is C25H24N4O5S. The number of amides is 1. The lowest BCUT2D eigenvalue weighted by atomic mass is 10.1. The summed E-state index contributed by atoms with van der Waals surface area (Å²) < 4.78 is 28.1. The van der Waals surface area contributed by atoms with Crippen molar-refractivity contribution in [2.45, 2.75) is 24.9 Å². The van der Waals surface area contributed by atoms with Crippen LogP contribution in [0.25, 0.3) is 10.9 Å². The van der Waals surface area contributed by atoms with Crippen LogP contribution in [0.2, 0.25) is 0 Å². The average molecular weight is 493 g/mol. The summed E-state index contributed by atoms with van der Waals surface area (Å²) >= 11 is 0. The second kappa shape index (κ2) is 9.69. The van der Waals surface area contributed by atoms with E-state index >= 15 is 0 Å². The number of sulfonamides is 1. The topological polar surface area (TPSA) is 121 Å². The van der Waals surface area contributed by atoms with Crippen LogP contribution in [0, 0.1) is 0 Å². The van der Waals surface area contributed by atoms with Crippen molar-refractivity contribution in [1.82, 2.24) is 13.9 Å². The zero-order valence-corrected chi connectivity index (χ0v) is 20.0. The van der Waals surface area contributed by atoms with Gasteiger partial charge in [0.15, 0.2) is 0 Å². The first-order valence-corrected chi connectivity index (χ1v) is 12.3. The minimum atomic E-state index is -3.72. The van der Waals surface area contributed by atoms with Crippen molar-refractivity contribution < 1.29 is 13.2 Å². The Hall–Kier alpha value is -4.02. The lowest BCUT2D eigenvalue weighted by Crippen LogP contribution is -2.34. The lowest BCUT2D eigenvalue weighted by Gasteiger charge is -2.17. The van der Waals surface area contributed by atoms with E-state index in [2.05, 4.69) is 10.3 Å². The third-order valence-corrected chi connectivity index (χ3v) is 7.45. The quantitative estimate of drug-likeness (QED) is 0.411. The van der Waals surface area contributed by atoms with Crippen LogP contribution in [0.4, 0.5) is 5.69 Å². The molecule has 10 heteroatoms. The van der Waals surface area contributed by atoms with Crippen molar-refractivity contribution in [3.63, 3.8) is 0 Å². The molecule has 1 heterocycles. The van der Waals surface area contributed by atoms with Gasteiger partial charge in [0.2, 0.25) is 10.0 Å². The van der Waals surface area contributed by atoms with E-state index in [4.69, 9.17) is 0 Å². The Morgan fingerprint density at radius 2 is 1.69 bits per heavy atom. The maximum atomic E-state index is 12.9. The Morgan fingerprint density at radius 1 is 1.00 bits per heavy atom. The zero-order valence-electron chi connectivity index (χ0n) is 19.2. The van der Waals surface area contributed by atoms with Gasteiger partial charge in [-0.3, -0.25) is 14.2 Å². The summed E-state index contributed by atoms with van der Waals surface area (Å²) in [6.45, 7) is 2.16. The zero-order chi connectivity index (χ0) is 25.2. The summed E-state index contributed by atoms with van der Waals surface area (Å²) in [7, 11) is -2.21. The van der Waals surface area contributed by atoms with Gasteiger partial charge in [0.1, 0.15) is 0 Å². The summed E-state index contributed by atoms with van der Waals surface area (Å²) in [5.74, 6) is -0.468. The fraction of sp³-hybridized carbons (Fsp3) is 0.160. The number of nitrogens with one attached hydrogen (secondary N) is 2. The number of aromatic nitrogens is 2. The Bertz CT molecular complexity index is 1610. The number of nitrogens with zero attached hydrogens (tertiary/aromatic N) is 2. The maximum absolute atomic E-state index is 12.9. The number of anilines is 1. The molecule has 0 fully saturated rings. The van der Waals surface area contributed by atoms with E-state index in [0.29, 0.717) is 11.1 Å². The van der Waals surface area contributed by atoms with Crippen LogP contribution in [-0.2, 0) is 23.1 Å². The molecule has 35 heavy (non-hydrogen) atoms. The molecule has 9 nitrogen and oxygen atoms in total. The summed E-state index contributed by atoms with van der Waals surface area (Å²) in [4.78, 5) is 39.9. The number of H-pyrrole nitrogens is 1. The summed E-state index contributed by atoms with van der Waals surface area (Å²) in [5, 5.41) is 3.00. The minimum Gasteiger partial charge on any atom is -0.322 e. The number of hydrogen-bond acceptors (Lipinski definition) is 5. The van der Waals surface area contributed by atoms with Gasteiger partial charge in [0.25, 0.3) is 11.5 Å². The van der Waals surface area contributed by atoms with Gasteiger partial charge in [-0.1, -0.05) is 30.3 Å². The van der Waals surface area contributed by atoms with Crippen molar-refractivity contribution in [3.8, 4) is 0 Å². The van der Waals surface area contributed by atoms with Gasteiger partial charge in [-0.2, -0.15) is 4.31 Å². The number of benzene rings is 3. The predicted octanol–water partition coefficient (Wildman–Crippen LogP) is 2.78. The first kappa shape index (κ1) is 24.1. The summed E-state index contributed by atoms with van der Waals surface area (Å²) in [5.41, 5.74) is 0.799. The Labute approximate surface area is 201 Å². The highest BCUT2D eigenvalue weighted by atomic mass is 32.2. The molecule has 0 unspecified atom stereocenters. The van der Waals surface area contributed by atoms with E-state index in [9.17, 15) is 22.8 Å². The lowest BCUT2D eigenvalue weighted by molar-refractivity contribution is 0.102. The molecule has 4 rings (SSSR count). The van der Waals surface area contributed by atoms with Crippen LogP contribution in [0.15, 0.2) is 87.3 Å². The predicted molar refractivity (Wildman–Crippen MR) is 134 cm³/mol. The molecule has 0 spiro atoms. The van der Waals surface area contributed by atoms with Gasteiger partial charge < -0.3 is 10.3 Å². The molecule has 0 bridgehead atoms. The molecule has 1 amide bonds. The smallest absolute Gasteiger partial charge is 0.322 e. The number of rotatable bonds is 7. The minimum absolute atomic E-state index is 0.101. The SMILES string of the molecule is CCn1c(=O)[nH]c2cc(C(=O)Nc3ccc(S(=O)(=O)N(C)Cc4ccccc4)cc3)ccc2c1=O. The van der Waals surface area contributed by atoms with E-state index in [-0.39, 0.29) is 29.1 Å². The number of aromatic amines is 1. The molecule has 1 aromatic heterocycles. The van der Waals surface area contributed by atoms with Gasteiger partial charge in [0.05, 0.1) is 15.8 Å². The highest BCUT2D eigenvalue weighted by Crippen LogP contribution is 2.20. The van der Waals surface area contributed by atoms with E-state index < -0.39 is 27.2 Å². The molecule has 0 atom stereocenters. The van der Waals surface area contributed by atoms with Crippen molar-refractivity contribution in [1.29, 1.82) is 0 Å². The third-order valence-electron chi connectivity index (χ3n) is 5.63. The normalized spacial score (nSPS) is 11.6.